The lowest BCUT2D eigenvalue weighted by molar-refractivity contribution is 1.16. The molecule has 2 rings (SSSR count). The van der Waals surface area contributed by atoms with E-state index < -0.39 is 0 Å². The van der Waals surface area contributed by atoms with E-state index in [0.29, 0.717) is 0 Å². The van der Waals surface area contributed by atoms with Crippen LogP contribution < -0.4 is 0 Å². The minimum absolute atomic E-state index is 1.11. The third-order valence-electron chi connectivity index (χ3n) is 2.07. The molecular formula is C12H17N. The summed E-state index contributed by atoms with van der Waals surface area (Å²) in [5.41, 5.74) is 2.66. The van der Waals surface area contributed by atoms with Gasteiger partial charge in [0.1, 0.15) is 0 Å². The Kier molecular flexibility index (Phi) is 3.56. The Morgan fingerprint density at radius 1 is 1.15 bits per heavy atom. The van der Waals surface area contributed by atoms with Gasteiger partial charge >= 0.3 is 0 Å². The Labute approximate surface area is 79.8 Å². The first-order valence-corrected chi connectivity index (χ1v) is 4.97. The Balaban J connectivity index is 0.000000396. The molecule has 0 aliphatic heterocycles. The third kappa shape index (κ3) is 1.92. The maximum atomic E-state index is 3.19. The molecule has 2 aromatic rings. The van der Waals surface area contributed by atoms with Gasteiger partial charge in [0.15, 0.2) is 0 Å². The Morgan fingerprint density at radius 3 is 2.62 bits per heavy atom. The van der Waals surface area contributed by atoms with Crippen molar-refractivity contribution in [3.63, 3.8) is 0 Å². The van der Waals surface area contributed by atoms with Gasteiger partial charge in [0, 0.05) is 17.1 Å². The summed E-state index contributed by atoms with van der Waals surface area (Å²) in [6, 6.07) is 8.51. The summed E-state index contributed by atoms with van der Waals surface area (Å²) in [5.74, 6) is 0. The molecule has 1 aromatic carbocycles. The second-order valence-corrected chi connectivity index (χ2v) is 2.71. The lowest BCUT2D eigenvalue weighted by atomic mass is 10.1. The number of fused-ring (bicyclic) bond motifs is 1. The van der Waals surface area contributed by atoms with Crippen molar-refractivity contribution in [1.29, 1.82) is 0 Å². The Bertz CT molecular complexity index is 360. The number of benzene rings is 1. The largest absolute Gasteiger partial charge is 0.361 e. The van der Waals surface area contributed by atoms with Gasteiger partial charge in [-0.25, -0.2) is 0 Å². The van der Waals surface area contributed by atoms with E-state index in [4.69, 9.17) is 0 Å². The van der Waals surface area contributed by atoms with Crippen LogP contribution >= 0.6 is 0 Å². The first kappa shape index (κ1) is 9.85. The molecule has 0 unspecified atom stereocenters. The SMILES string of the molecule is CC.CCc1cccc2[nH]ccc12. The minimum atomic E-state index is 1.11. The molecule has 1 heteroatoms. The van der Waals surface area contributed by atoms with E-state index in [0.717, 1.165) is 6.42 Å². The molecule has 70 valence electrons. The molecule has 0 bridgehead atoms. The van der Waals surface area contributed by atoms with E-state index in [2.05, 4.69) is 36.2 Å². The Hall–Kier alpha value is -1.24. The van der Waals surface area contributed by atoms with Gasteiger partial charge in [0.2, 0.25) is 0 Å². The summed E-state index contributed by atoms with van der Waals surface area (Å²) < 4.78 is 0. The van der Waals surface area contributed by atoms with Gasteiger partial charge in [-0.1, -0.05) is 32.9 Å². The van der Waals surface area contributed by atoms with E-state index in [1.54, 1.807) is 0 Å². The monoisotopic (exact) mass is 175 g/mol. The van der Waals surface area contributed by atoms with Crippen LogP contribution in [-0.2, 0) is 6.42 Å². The fourth-order valence-corrected chi connectivity index (χ4v) is 1.46. The molecule has 0 saturated carbocycles. The standard InChI is InChI=1S/C10H11N.C2H6/c1-2-8-4-3-5-10-9(8)6-7-11-10;1-2/h3-7,11H,2H2,1H3;1-2H3. The molecular weight excluding hydrogens is 158 g/mol. The number of aryl methyl sites for hydroxylation is 1. The number of H-pyrrole nitrogens is 1. The van der Waals surface area contributed by atoms with Gasteiger partial charge in [-0.05, 0) is 24.1 Å². The predicted octanol–water partition coefficient (Wildman–Crippen LogP) is 3.76. The van der Waals surface area contributed by atoms with Crippen molar-refractivity contribution in [1.82, 2.24) is 4.98 Å². The van der Waals surface area contributed by atoms with E-state index in [-0.39, 0.29) is 0 Å². The molecule has 0 saturated heterocycles. The average molecular weight is 175 g/mol. The molecule has 0 atom stereocenters. The molecule has 0 amide bonds. The topological polar surface area (TPSA) is 15.8 Å². The second-order valence-electron chi connectivity index (χ2n) is 2.71. The maximum Gasteiger partial charge on any atom is 0.0456 e. The van der Waals surface area contributed by atoms with E-state index in [9.17, 15) is 0 Å². The smallest absolute Gasteiger partial charge is 0.0456 e. The van der Waals surface area contributed by atoms with Crippen molar-refractivity contribution in [3.8, 4) is 0 Å². The number of hydrogen-bond donors (Lipinski definition) is 1. The number of aromatic nitrogens is 1. The highest BCUT2D eigenvalue weighted by Gasteiger charge is 1.96. The summed E-state index contributed by atoms with van der Waals surface area (Å²) in [7, 11) is 0. The number of hydrogen-bond acceptors (Lipinski definition) is 0. The summed E-state index contributed by atoms with van der Waals surface area (Å²) in [5, 5.41) is 1.36. The van der Waals surface area contributed by atoms with Crippen LogP contribution in [0.3, 0.4) is 0 Å². The quantitative estimate of drug-likeness (QED) is 0.679. The highest BCUT2D eigenvalue weighted by Crippen LogP contribution is 2.17. The molecule has 0 radical (unpaired) electrons. The number of rotatable bonds is 1. The van der Waals surface area contributed by atoms with Crippen molar-refractivity contribution in [2.75, 3.05) is 0 Å². The summed E-state index contributed by atoms with van der Waals surface area (Å²) in [6.07, 6.45) is 3.10. The van der Waals surface area contributed by atoms with Crippen LogP contribution in [0, 0.1) is 0 Å². The normalized spacial score (nSPS) is 9.46. The molecule has 0 aliphatic carbocycles. The number of aromatic amines is 1. The third-order valence-corrected chi connectivity index (χ3v) is 2.07. The van der Waals surface area contributed by atoms with E-state index in [1.807, 2.05) is 20.0 Å². The lowest BCUT2D eigenvalue weighted by Gasteiger charge is -1.96. The summed E-state index contributed by atoms with van der Waals surface area (Å²) in [6.45, 7) is 6.18. The van der Waals surface area contributed by atoms with Gasteiger partial charge in [0.25, 0.3) is 0 Å². The molecule has 0 fully saturated rings. The zero-order valence-electron chi connectivity index (χ0n) is 8.59. The van der Waals surface area contributed by atoms with Gasteiger partial charge in [-0.2, -0.15) is 0 Å². The van der Waals surface area contributed by atoms with Crippen LogP contribution in [0.5, 0.6) is 0 Å². The highest BCUT2D eigenvalue weighted by molar-refractivity contribution is 5.82. The van der Waals surface area contributed by atoms with Crippen molar-refractivity contribution in [2.24, 2.45) is 0 Å². The van der Waals surface area contributed by atoms with Gasteiger partial charge < -0.3 is 4.98 Å². The van der Waals surface area contributed by atoms with Crippen LogP contribution in [0.2, 0.25) is 0 Å². The van der Waals surface area contributed by atoms with E-state index >= 15 is 0 Å². The molecule has 0 aliphatic rings. The zero-order valence-corrected chi connectivity index (χ0v) is 8.59. The number of nitrogens with one attached hydrogen (secondary N) is 1. The van der Waals surface area contributed by atoms with Gasteiger partial charge in [-0.3, -0.25) is 0 Å². The lowest BCUT2D eigenvalue weighted by Crippen LogP contribution is -1.79. The molecule has 0 spiro atoms. The average Bonchev–Trinajstić information content (AvgIpc) is 2.68. The second kappa shape index (κ2) is 4.70. The predicted molar refractivity (Wildman–Crippen MR) is 59.0 cm³/mol. The maximum absolute atomic E-state index is 3.19. The Morgan fingerprint density at radius 2 is 1.92 bits per heavy atom. The fourth-order valence-electron chi connectivity index (χ4n) is 1.46. The first-order chi connectivity index (χ1) is 6.42. The molecule has 1 N–H and O–H groups in total. The summed E-state index contributed by atoms with van der Waals surface area (Å²) >= 11 is 0. The molecule has 1 aromatic heterocycles. The fraction of sp³-hybridized carbons (Fsp3) is 0.333. The van der Waals surface area contributed by atoms with Crippen LogP contribution in [0.25, 0.3) is 10.9 Å². The van der Waals surface area contributed by atoms with Crippen molar-refractivity contribution in [2.45, 2.75) is 27.2 Å². The molecule has 1 nitrogen and oxygen atoms in total. The zero-order chi connectivity index (χ0) is 9.68. The van der Waals surface area contributed by atoms with Crippen molar-refractivity contribution < 1.29 is 0 Å². The minimum Gasteiger partial charge on any atom is -0.361 e. The van der Waals surface area contributed by atoms with Gasteiger partial charge in [-0.15, -0.1) is 0 Å². The van der Waals surface area contributed by atoms with Crippen LogP contribution in [0.15, 0.2) is 30.5 Å². The van der Waals surface area contributed by atoms with Crippen LogP contribution in [0.1, 0.15) is 26.3 Å². The van der Waals surface area contributed by atoms with Crippen molar-refractivity contribution >= 4 is 10.9 Å². The highest BCUT2D eigenvalue weighted by atomic mass is 14.7. The van der Waals surface area contributed by atoms with Crippen molar-refractivity contribution in [3.05, 3.63) is 36.0 Å². The van der Waals surface area contributed by atoms with Crippen LogP contribution in [-0.4, -0.2) is 4.98 Å². The van der Waals surface area contributed by atoms with E-state index in [1.165, 1.54) is 16.5 Å². The first-order valence-electron chi connectivity index (χ1n) is 4.97. The summed E-state index contributed by atoms with van der Waals surface area (Å²) in [4.78, 5) is 3.19. The van der Waals surface area contributed by atoms with Crippen LogP contribution in [0.4, 0.5) is 0 Å². The molecule has 1 heterocycles. The van der Waals surface area contributed by atoms with Gasteiger partial charge in [0.05, 0.1) is 0 Å². The molecule has 13 heavy (non-hydrogen) atoms.